The number of aromatic amines is 1. The summed E-state index contributed by atoms with van der Waals surface area (Å²) in [4.78, 5) is 24.1. The predicted octanol–water partition coefficient (Wildman–Crippen LogP) is 3.18. The summed E-state index contributed by atoms with van der Waals surface area (Å²) >= 11 is 0.827. The molecule has 0 unspecified atom stereocenters. The average Bonchev–Trinajstić information content (AvgIpc) is 2.89. The smallest absolute Gasteiger partial charge is 0.287 e. The summed E-state index contributed by atoms with van der Waals surface area (Å²) in [6.45, 7) is 0. The van der Waals surface area contributed by atoms with Crippen LogP contribution in [0.15, 0.2) is 35.4 Å². The summed E-state index contributed by atoms with van der Waals surface area (Å²) in [7, 11) is 0. The minimum Gasteiger partial charge on any atom is -0.353 e. The standard InChI is InChI=1S/C12H8F2N2O3S/c13-7-1-2-9(14)12(3-7)20-6-11(17)10-4-8(5-15-10)16(18)19/h1-5,15H,6H2. The first-order valence-corrected chi connectivity index (χ1v) is 6.40. The van der Waals surface area contributed by atoms with Crippen LogP contribution in [0, 0.1) is 21.7 Å². The van der Waals surface area contributed by atoms with Gasteiger partial charge in [-0.3, -0.25) is 14.9 Å². The second-order valence-corrected chi connectivity index (χ2v) is 4.83. The van der Waals surface area contributed by atoms with Crippen molar-refractivity contribution in [3.63, 3.8) is 0 Å². The first-order valence-electron chi connectivity index (χ1n) is 5.41. The molecule has 1 N–H and O–H groups in total. The van der Waals surface area contributed by atoms with Crippen LogP contribution in [-0.2, 0) is 0 Å². The Labute approximate surface area is 116 Å². The molecule has 1 aromatic carbocycles. The van der Waals surface area contributed by atoms with Crippen LogP contribution >= 0.6 is 11.8 Å². The lowest BCUT2D eigenvalue weighted by atomic mass is 10.3. The summed E-state index contributed by atoms with van der Waals surface area (Å²) < 4.78 is 26.3. The van der Waals surface area contributed by atoms with Crippen molar-refractivity contribution in [2.24, 2.45) is 0 Å². The van der Waals surface area contributed by atoms with Crippen LogP contribution in [0.3, 0.4) is 0 Å². The molecule has 0 atom stereocenters. The van der Waals surface area contributed by atoms with Gasteiger partial charge in [0.2, 0.25) is 0 Å². The molecule has 104 valence electrons. The molecule has 0 amide bonds. The highest BCUT2D eigenvalue weighted by Gasteiger charge is 2.15. The van der Waals surface area contributed by atoms with Gasteiger partial charge in [-0.15, -0.1) is 11.8 Å². The zero-order valence-electron chi connectivity index (χ0n) is 9.93. The molecule has 2 aromatic rings. The maximum Gasteiger partial charge on any atom is 0.287 e. The first kappa shape index (κ1) is 14.2. The number of carbonyl (C=O) groups excluding carboxylic acids is 1. The average molecular weight is 298 g/mol. The molecule has 5 nitrogen and oxygen atoms in total. The number of halogens is 2. The van der Waals surface area contributed by atoms with Crippen LogP contribution in [0.2, 0.25) is 0 Å². The summed E-state index contributed by atoms with van der Waals surface area (Å²) in [5, 5.41) is 10.5. The van der Waals surface area contributed by atoms with E-state index < -0.39 is 22.3 Å². The number of Topliss-reactive ketones (excluding diaryl/α,β-unsaturated/α-hetero) is 1. The van der Waals surface area contributed by atoms with Crippen LogP contribution < -0.4 is 0 Å². The molecule has 1 heterocycles. The second kappa shape index (κ2) is 5.83. The van der Waals surface area contributed by atoms with Gasteiger partial charge in [0, 0.05) is 11.0 Å². The predicted molar refractivity (Wildman–Crippen MR) is 68.9 cm³/mol. The van der Waals surface area contributed by atoms with Crippen molar-refractivity contribution in [1.29, 1.82) is 0 Å². The molecule has 0 aliphatic carbocycles. The van der Waals surface area contributed by atoms with Crippen LogP contribution in [-0.4, -0.2) is 21.4 Å². The van der Waals surface area contributed by atoms with Gasteiger partial charge in [-0.2, -0.15) is 0 Å². The van der Waals surface area contributed by atoms with E-state index >= 15 is 0 Å². The Hall–Kier alpha value is -2.22. The third-order valence-corrected chi connectivity index (χ3v) is 3.46. The summed E-state index contributed by atoms with van der Waals surface area (Å²) in [6, 6.07) is 4.05. The molecule has 0 bridgehead atoms. The van der Waals surface area contributed by atoms with Gasteiger partial charge in [-0.05, 0) is 18.2 Å². The fourth-order valence-electron chi connectivity index (χ4n) is 1.46. The van der Waals surface area contributed by atoms with Gasteiger partial charge in [0.1, 0.15) is 11.6 Å². The number of rotatable bonds is 5. The number of aromatic nitrogens is 1. The van der Waals surface area contributed by atoms with E-state index in [0.29, 0.717) is 0 Å². The lowest BCUT2D eigenvalue weighted by Crippen LogP contribution is -2.03. The lowest BCUT2D eigenvalue weighted by molar-refractivity contribution is -0.384. The van der Waals surface area contributed by atoms with Gasteiger partial charge in [0.15, 0.2) is 5.78 Å². The van der Waals surface area contributed by atoms with Gasteiger partial charge in [0.25, 0.3) is 5.69 Å². The Bertz CT molecular complexity index is 672. The third-order valence-electron chi connectivity index (χ3n) is 2.43. The van der Waals surface area contributed by atoms with Crippen LogP contribution in [0.5, 0.6) is 0 Å². The van der Waals surface area contributed by atoms with Crippen molar-refractivity contribution < 1.29 is 18.5 Å². The zero-order chi connectivity index (χ0) is 14.7. The second-order valence-electron chi connectivity index (χ2n) is 3.82. The summed E-state index contributed by atoms with van der Waals surface area (Å²) in [5.41, 5.74) is -0.170. The minimum absolute atomic E-state index is 0.0133. The van der Waals surface area contributed by atoms with Crippen LogP contribution in [0.25, 0.3) is 0 Å². The summed E-state index contributed by atoms with van der Waals surface area (Å²) in [6.07, 6.45) is 1.10. The van der Waals surface area contributed by atoms with E-state index in [4.69, 9.17) is 0 Å². The molecule has 0 spiro atoms. The number of ketones is 1. The van der Waals surface area contributed by atoms with Crippen molar-refractivity contribution in [3.05, 3.63) is 57.9 Å². The Kier molecular flexibility index (Phi) is 4.14. The van der Waals surface area contributed by atoms with Crippen molar-refractivity contribution in [2.45, 2.75) is 4.90 Å². The van der Waals surface area contributed by atoms with E-state index in [9.17, 15) is 23.7 Å². The topological polar surface area (TPSA) is 76.0 Å². The fraction of sp³-hybridized carbons (Fsp3) is 0.0833. The Morgan fingerprint density at radius 2 is 2.10 bits per heavy atom. The van der Waals surface area contributed by atoms with Gasteiger partial charge < -0.3 is 4.98 Å². The number of carbonyl (C=O) groups is 1. The Balaban J connectivity index is 2.04. The van der Waals surface area contributed by atoms with Crippen molar-refractivity contribution >= 4 is 23.2 Å². The molecule has 2 rings (SSSR count). The lowest BCUT2D eigenvalue weighted by Gasteiger charge is -2.02. The molecular weight excluding hydrogens is 290 g/mol. The van der Waals surface area contributed by atoms with E-state index in [1.807, 2.05) is 0 Å². The number of thioether (sulfide) groups is 1. The molecule has 0 saturated heterocycles. The number of H-pyrrole nitrogens is 1. The van der Waals surface area contributed by atoms with E-state index in [2.05, 4.69) is 4.98 Å². The van der Waals surface area contributed by atoms with Crippen LogP contribution in [0.1, 0.15) is 10.5 Å². The van der Waals surface area contributed by atoms with E-state index in [1.54, 1.807) is 0 Å². The zero-order valence-corrected chi connectivity index (χ0v) is 10.7. The van der Waals surface area contributed by atoms with Gasteiger partial charge >= 0.3 is 0 Å². The fourth-order valence-corrected chi connectivity index (χ4v) is 2.30. The first-order chi connectivity index (χ1) is 9.47. The van der Waals surface area contributed by atoms with E-state index in [1.165, 1.54) is 0 Å². The third kappa shape index (κ3) is 3.21. The monoisotopic (exact) mass is 298 g/mol. The molecule has 20 heavy (non-hydrogen) atoms. The summed E-state index contributed by atoms with van der Waals surface area (Å²) in [5.74, 6) is -1.82. The molecule has 8 heteroatoms. The maximum atomic E-state index is 13.3. The van der Waals surface area contributed by atoms with Crippen molar-refractivity contribution in [1.82, 2.24) is 4.98 Å². The molecule has 0 saturated carbocycles. The Morgan fingerprint density at radius 3 is 2.75 bits per heavy atom. The molecule has 1 aromatic heterocycles. The highest BCUT2D eigenvalue weighted by molar-refractivity contribution is 8.00. The quantitative estimate of drug-likeness (QED) is 0.398. The molecule has 0 radical (unpaired) electrons. The highest BCUT2D eigenvalue weighted by Crippen LogP contribution is 2.24. The van der Waals surface area contributed by atoms with Crippen LogP contribution in [0.4, 0.5) is 14.5 Å². The molecule has 0 aliphatic rings. The number of hydrogen-bond donors (Lipinski definition) is 1. The van der Waals surface area contributed by atoms with Crippen molar-refractivity contribution in [3.8, 4) is 0 Å². The van der Waals surface area contributed by atoms with E-state index in [0.717, 1.165) is 42.2 Å². The minimum atomic E-state index is -0.632. The van der Waals surface area contributed by atoms with Crippen molar-refractivity contribution in [2.75, 3.05) is 5.75 Å². The maximum absolute atomic E-state index is 13.3. The Morgan fingerprint density at radius 1 is 1.35 bits per heavy atom. The van der Waals surface area contributed by atoms with Gasteiger partial charge in [0.05, 0.1) is 22.6 Å². The SMILES string of the molecule is O=C(CSc1cc(F)ccc1F)c1cc([N+](=O)[O-])c[nH]1. The number of nitrogens with zero attached hydrogens (tertiary/aromatic N) is 1. The molecule has 0 fully saturated rings. The number of benzene rings is 1. The van der Waals surface area contributed by atoms with E-state index in [-0.39, 0.29) is 22.0 Å². The highest BCUT2D eigenvalue weighted by atomic mass is 32.2. The normalized spacial score (nSPS) is 10.5. The number of nitrogens with one attached hydrogen (secondary N) is 1. The van der Waals surface area contributed by atoms with Gasteiger partial charge in [-0.1, -0.05) is 0 Å². The van der Waals surface area contributed by atoms with Gasteiger partial charge in [-0.25, -0.2) is 8.78 Å². The largest absolute Gasteiger partial charge is 0.353 e. The molecule has 0 aliphatic heterocycles. The number of nitro groups is 1. The number of hydrogen-bond acceptors (Lipinski definition) is 4. The molecular formula is C12H8F2N2O3S.